The standard InChI is InChI=1S/4C15H17NO2/c4*1-11(17)16-9-8-13-5-3-4-12-6-7-14(18-2)10-15(12)13/h4*3-7,10H,8-9H2,1-2H3,(H,16,17)/i1D3,2D3,3D,4D,5D,6D,7D,8D2,9D2,10D;1D3,3D,4D,5D,6D,7D,8D2,9D2,10D;1D3,2D3,3D,4D,5D,6D,7D,10D;1D3,3D,4D,5D,6D,7D,10D. The van der Waals surface area contributed by atoms with Crippen molar-refractivity contribution < 1.29 is 107 Å². The van der Waals surface area contributed by atoms with Crippen LogP contribution in [0.15, 0.2) is 145 Å². The number of amides is 4. The molecule has 12 nitrogen and oxygen atoms in total. The minimum absolute atomic E-state index is 0.0157. The number of nitrogens with one attached hydrogen (secondary N) is 4. The van der Waals surface area contributed by atoms with Crippen LogP contribution in [0.25, 0.3) is 43.1 Å². The summed E-state index contributed by atoms with van der Waals surface area (Å²) in [6.07, 6.45) is -7.28. The zero-order chi connectivity index (χ0) is 94.9. The molecule has 8 aromatic carbocycles. The van der Waals surface area contributed by atoms with Gasteiger partial charge in [-0.25, -0.2) is 0 Å². The van der Waals surface area contributed by atoms with Crippen LogP contribution in [0.2, 0.25) is 0 Å². The number of carbonyl (C=O) groups is 4. The van der Waals surface area contributed by atoms with Crippen LogP contribution in [0.3, 0.4) is 0 Å². The van der Waals surface area contributed by atoms with Gasteiger partial charge in [0, 0.05) is 80.9 Å². The number of ether oxygens (including phenoxy) is 4. The quantitative estimate of drug-likeness (QED) is 0.0747. The van der Waals surface area contributed by atoms with E-state index in [1.807, 2.05) is 0 Å². The predicted octanol–water partition coefficient (Wildman–Crippen LogP) is 10.1. The van der Waals surface area contributed by atoms with E-state index in [-0.39, 0.29) is 76.4 Å². The first-order valence-corrected chi connectivity index (χ1v) is 19.8. The second kappa shape index (κ2) is 28.5. The van der Waals surface area contributed by atoms with Crippen molar-refractivity contribution in [2.75, 3.05) is 54.4 Å². The van der Waals surface area contributed by atoms with Crippen LogP contribution in [0.5, 0.6) is 23.0 Å². The maximum absolute atomic E-state index is 11.8. The Morgan fingerprint density at radius 3 is 1.04 bits per heavy atom. The third-order valence-electron chi connectivity index (χ3n) is 8.47. The third kappa shape index (κ3) is 17.1. The molecule has 8 rings (SSSR count). The third-order valence-corrected chi connectivity index (χ3v) is 8.47. The summed E-state index contributed by atoms with van der Waals surface area (Å²) >= 11 is 0. The molecule has 4 N–H and O–H groups in total. The molecule has 0 saturated carbocycles. The molecule has 376 valence electrons. The van der Waals surface area contributed by atoms with Crippen molar-refractivity contribution in [2.45, 2.75) is 53.0 Å². The van der Waals surface area contributed by atoms with Crippen LogP contribution >= 0.6 is 0 Å². The van der Waals surface area contributed by atoms with E-state index in [1.165, 1.54) is 17.7 Å². The number of hydrogen-bond donors (Lipinski definition) is 4. The molecule has 0 spiro atoms. The van der Waals surface area contributed by atoms with Gasteiger partial charge in [0.15, 0.2) is 0 Å². The number of rotatable bonds is 16. The number of methoxy groups -OCH3 is 4. The Morgan fingerprint density at radius 1 is 0.417 bits per heavy atom. The van der Waals surface area contributed by atoms with Gasteiger partial charge in [-0.15, -0.1) is 0 Å². The molecule has 0 aliphatic carbocycles. The average molecular weight is 1020 g/mol. The van der Waals surface area contributed by atoms with Gasteiger partial charge in [0.1, 0.15) is 23.0 Å². The fourth-order valence-corrected chi connectivity index (χ4v) is 5.43. The summed E-state index contributed by atoms with van der Waals surface area (Å²) in [5.74, 6) is -8.58. The summed E-state index contributed by atoms with van der Waals surface area (Å²) in [6, 6.07) is -16.9. The number of benzene rings is 8. The highest BCUT2D eigenvalue weighted by atomic mass is 16.5. The number of aryl methyl sites for hydroxylation is 2. The Kier molecular flexibility index (Phi) is 7.20. The lowest BCUT2D eigenvalue weighted by molar-refractivity contribution is -0.119. The van der Waals surface area contributed by atoms with Crippen LogP contribution in [-0.2, 0) is 44.8 Å². The fraction of sp³-hybridized carbons (Fsp3) is 0.267. The van der Waals surface area contributed by atoms with Crippen molar-refractivity contribution >= 4 is 66.7 Å². The first-order valence-electron chi connectivity index (χ1n) is 44.8. The number of fused-ring (bicyclic) bond motifs is 4. The van der Waals surface area contributed by atoms with Gasteiger partial charge in [-0.1, -0.05) is 96.7 Å². The fourth-order valence-electron chi connectivity index (χ4n) is 5.43. The first-order chi connectivity index (χ1) is 55.0. The molecule has 8 aromatic rings. The van der Waals surface area contributed by atoms with Gasteiger partial charge in [0.2, 0.25) is 23.6 Å². The van der Waals surface area contributed by atoms with E-state index in [1.54, 1.807) is 0 Å². The minimum atomic E-state index is -3.57. The predicted molar refractivity (Wildman–Crippen MR) is 292 cm³/mol. The second-order valence-electron chi connectivity index (χ2n) is 13.1. The zero-order valence-electron chi connectivity index (χ0n) is 87.1. The molecular weight excluding hydrogens is 905 g/mol. The Balaban J connectivity index is 0.000000290. The van der Waals surface area contributed by atoms with E-state index in [0.717, 1.165) is 7.11 Å². The van der Waals surface area contributed by atoms with E-state index in [4.69, 9.17) is 82.7 Å². The van der Waals surface area contributed by atoms with Gasteiger partial charge in [0.05, 0.1) is 69.4 Å². The average Bonchev–Trinajstić information content (AvgIpc) is 0.712. The smallest absolute Gasteiger partial charge is 0.216 e. The van der Waals surface area contributed by atoms with Crippen molar-refractivity contribution in [3.05, 3.63) is 167 Å². The summed E-state index contributed by atoms with van der Waals surface area (Å²) in [6.45, 7) is -19.9. The highest BCUT2D eigenvalue weighted by Gasteiger charge is 2.07. The summed E-state index contributed by atoms with van der Waals surface area (Å²) in [5, 5.41) is 3.70. The van der Waals surface area contributed by atoms with Crippen LogP contribution in [0.1, 0.15) is 118 Å². The lowest BCUT2D eigenvalue weighted by atomic mass is 10.0. The molecule has 0 bridgehead atoms. The lowest BCUT2D eigenvalue weighted by Gasteiger charge is -2.08. The van der Waals surface area contributed by atoms with Gasteiger partial charge >= 0.3 is 0 Å². The molecule has 0 saturated heterocycles. The van der Waals surface area contributed by atoms with Crippen molar-refractivity contribution in [2.24, 2.45) is 0 Å². The lowest BCUT2D eigenvalue weighted by Crippen LogP contribution is -2.22. The molecular formula is C60H68N4O8. The monoisotopic (exact) mass is 1020 g/mol. The highest BCUT2D eigenvalue weighted by molar-refractivity contribution is 5.90. The molecule has 4 amide bonds. The number of carbonyl (C=O) groups excluding carboxylic acids is 4. The van der Waals surface area contributed by atoms with Crippen molar-refractivity contribution in [3.63, 3.8) is 0 Å². The Labute approximate surface area is 493 Å². The topological polar surface area (TPSA) is 153 Å². The van der Waals surface area contributed by atoms with Crippen molar-refractivity contribution in [3.8, 4) is 23.0 Å². The van der Waals surface area contributed by atoms with E-state index in [2.05, 4.69) is 15.4 Å². The molecule has 0 atom stereocenters. The maximum Gasteiger partial charge on any atom is 0.216 e. The Hall–Kier alpha value is -8.12. The van der Waals surface area contributed by atoms with Gasteiger partial charge in [-0.3, -0.25) is 19.2 Å². The van der Waals surface area contributed by atoms with E-state index < -0.39 is 274 Å². The molecule has 0 fully saturated rings. The molecule has 0 heterocycles. The zero-order valence-corrected chi connectivity index (χ0v) is 37.1. The molecule has 72 heavy (non-hydrogen) atoms. The summed E-state index contributed by atoms with van der Waals surface area (Å²) in [4.78, 5) is 46.7. The Bertz CT molecular complexity index is 5520. The van der Waals surface area contributed by atoms with Crippen LogP contribution < -0.4 is 40.2 Å². The van der Waals surface area contributed by atoms with Crippen molar-refractivity contribution in [1.82, 2.24) is 21.3 Å². The summed E-state index contributed by atoms with van der Waals surface area (Å²) < 4.78 is 406. The minimum Gasteiger partial charge on any atom is -0.497 e. The first kappa shape index (κ1) is 18.2. The van der Waals surface area contributed by atoms with Crippen LogP contribution in [0, 0.1) is 0 Å². The summed E-state index contributed by atoms with van der Waals surface area (Å²) in [7, 11) is -3.95. The molecule has 0 radical (unpaired) electrons. The molecule has 0 aliphatic heterocycles. The van der Waals surface area contributed by atoms with Gasteiger partial charge in [-0.05, 0) is 139 Å². The van der Waals surface area contributed by atoms with E-state index in [9.17, 15) is 19.2 Å². The normalized spacial score (nSPS) is 22.2. The van der Waals surface area contributed by atoms with Gasteiger partial charge in [0.25, 0.3) is 0 Å². The molecule has 0 aromatic heterocycles. The maximum atomic E-state index is 11.8. The van der Waals surface area contributed by atoms with Gasteiger partial charge in [-0.2, -0.15) is 0 Å². The molecule has 12 heteroatoms. The number of hydrogen-bond acceptors (Lipinski definition) is 8. The van der Waals surface area contributed by atoms with E-state index in [0.29, 0.717) is 0 Å². The van der Waals surface area contributed by atoms with Gasteiger partial charge < -0.3 is 40.2 Å². The molecule has 0 unspecified atom stereocenters. The second-order valence-corrected chi connectivity index (χ2v) is 13.1. The van der Waals surface area contributed by atoms with Crippen LogP contribution in [-0.4, -0.2) is 78.0 Å². The van der Waals surface area contributed by atoms with Crippen molar-refractivity contribution in [1.29, 1.82) is 0 Å². The summed E-state index contributed by atoms with van der Waals surface area (Å²) in [5.41, 5.74) is -2.08. The molecule has 0 aliphatic rings. The van der Waals surface area contributed by atoms with Crippen LogP contribution in [0.4, 0.5) is 0 Å². The highest BCUT2D eigenvalue weighted by Crippen LogP contribution is 2.28. The SMILES string of the molecule is [2H]c1c([2H])c(C([2H])([2H])C([2H])([2H])NC(=O)C([2H])([2H])[2H])c2c([2H])c(OC([2H])([2H])[2H])c([2H])c([2H])c2c1[2H].[2H]c1c([2H])c(C([2H])([2H])C([2H])([2H])NC(=O)C([2H])([2H])[2H])c2c([2H])c(OC)c([2H])c([2H])c2c1[2H].[2H]c1c([2H])c(CCNC(=O)C([2H])([2H])[2H])c2c([2H])c(OC([2H])([2H])[2H])c([2H])c([2H])c2c1[2H].[2H]c1c([2H])c(CCNC(=O)C([2H])([2H])[2H])c2c([2H])c(OC)c([2H])c([2H])c2c1[2H]. The van der Waals surface area contributed by atoms with E-state index >= 15 is 0 Å². The largest absolute Gasteiger partial charge is 0.497 e. The Morgan fingerprint density at radius 2 is 0.722 bits per heavy atom.